The van der Waals surface area contributed by atoms with E-state index in [2.05, 4.69) is 9.71 Å². The lowest BCUT2D eigenvalue weighted by Gasteiger charge is -2.12. The predicted octanol–water partition coefficient (Wildman–Crippen LogP) is 3.81. The highest BCUT2D eigenvalue weighted by Crippen LogP contribution is 2.28. The molecule has 0 spiro atoms. The van der Waals surface area contributed by atoms with Gasteiger partial charge in [0.15, 0.2) is 5.15 Å². The number of rotatable bonds is 3. The van der Waals surface area contributed by atoms with Crippen LogP contribution in [-0.2, 0) is 10.0 Å². The van der Waals surface area contributed by atoms with Gasteiger partial charge >= 0.3 is 0 Å². The Hall–Kier alpha value is -1.30. The minimum Gasteiger partial charge on any atom is -0.276 e. The van der Waals surface area contributed by atoms with Gasteiger partial charge in [-0.05, 0) is 43.2 Å². The van der Waals surface area contributed by atoms with Crippen LogP contribution in [0.15, 0.2) is 35.2 Å². The largest absolute Gasteiger partial charge is 0.276 e. The number of aromatic nitrogens is 1. The normalized spacial score (nSPS) is 11.4. The highest BCUT2D eigenvalue weighted by Gasteiger charge is 2.18. The maximum atomic E-state index is 12.3. The monoisotopic (exact) mass is 330 g/mol. The van der Waals surface area contributed by atoms with Crippen LogP contribution >= 0.6 is 23.2 Å². The standard InChI is InChI=1S/C13H12Cl2N2O2S/c1-8-4-3-5-10(6-8)20(18,19)17-12-9(2)7-11(14)16-13(12)15/h3-7,17H,1-2H3. The number of benzene rings is 1. The van der Waals surface area contributed by atoms with Gasteiger partial charge in [0, 0.05) is 0 Å². The summed E-state index contributed by atoms with van der Waals surface area (Å²) in [6.45, 7) is 3.52. The Kier molecular flexibility index (Phi) is 4.22. The zero-order valence-corrected chi connectivity index (χ0v) is 13.1. The first-order valence-corrected chi connectivity index (χ1v) is 7.95. The highest BCUT2D eigenvalue weighted by atomic mass is 35.5. The summed E-state index contributed by atoms with van der Waals surface area (Å²) in [4.78, 5) is 4.00. The highest BCUT2D eigenvalue weighted by molar-refractivity contribution is 7.92. The molecule has 0 amide bonds. The van der Waals surface area contributed by atoms with Crippen LogP contribution in [0.5, 0.6) is 0 Å². The second-order valence-corrected chi connectivity index (χ2v) is 6.78. The Labute approximate surface area is 127 Å². The van der Waals surface area contributed by atoms with E-state index in [0.29, 0.717) is 5.56 Å². The van der Waals surface area contributed by atoms with E-state index >= 15 is 0 Å². The lowest BCUT2D eigenvalue weighted by atomic mass is 10.2. The van der Waals surface area contributed by atoms with Crippen LogP contribution in [0, 0.1) is 13.8 Å². The molecule has 0 aliphatic rings. The Morgan fingerprint density at radius 3 is 2.45 bits per heavy atom. The Morgan fingerprint density at radius 2 is 1.85 bits per heavy atom. The molecule has 4 nitrogen and oxygen atoms in total. The molecule has 0 unspecified atom stereocenters. The van der Waals surface area contributed by atoms with Crippen molar-refractivity contribution in [2.24, 2.45) is 0 Å². The van der Waals surface area contributed by atoms with Gasteiger partial charge in [0.25, 0.3) is 10.0 Å². The third-order valence-corrected chi connectivity index (χ3v) is 4.49. The van der Waals surface area contributed by atoms with Crippen molar-refractivity contribution in [2.45, 2.75) is 18.7 Å². The lowest BCUT2D eigenvalue weighted by Crippen LogP contribution is -2.14. The van der Waals surface area contributed by atoms with Gasteiger partial charge in [-0.25, -0.2) is 13.4 Å². The van der Waals surface area contributed by atoms with Gasteiger partial charge in [0.2, 0.25) is 0 Å². The molecule has 1 aromatic carbocycles. The summed E-state index contributed by atoms with van der Waals surface area (Å²) >= 11 is 11.7. The van der Waals surface area contributed by atoms with Gasteiger partial charge < -0.3 is 0 Å². The molecule has 0 saturated carbocycles. The van der Waals surface area contributed by atoms with Crippen LogP contribution in [0.1, 0.15) is 11.1 Å². The molecule has 1 heterocycles. The minimum atomic E-state index is -3.71. The van der Waals surface area contributed by atoms with Crippen LogP contribution in [-0.4, -0.2) is 13.4 Å². The third-order valence-electron chi connectivity index (χ3n) is 2.68. The number of aryl methyl sites for hydroxylation is 2. The van der Waals surface area contributed by atoms with Gasteiger partial charge in [-0.2, -0.15) is 0 Å². The Bertz CT molecular complexity index is 738. The van der Waals surface area contributed by atoms with Crippen LogP contribution in [0.2, 0.25) is 10.3 Å². The molecule has 2 rings (SSSR count). The van der Waals surface area contributed by atoms with Crippen molar-refractivity contribution in [3.63, 3.8) is 0 Å². The van der Waals surface area contributed by atoms with Crippen molar-refractivity contribution < 1.29 is 8.42 Å². The first kappa shape index (κ1) is 15.1. The quantitative estimate of drug-likeness (QED) is 0.870. The first-order chi connectivity index (χ1) is 9.29. The van der Waals surface area contributed by atoms with E-state index in [0.717, 1.165) is 5.56 Å². The smallest absolute Gasteiger partial charge is 0.262 e. The van der Waals surface area contributed by atoms with Crippen molar-refractivity contribution in [2.75, 3.05) is 4.72 Å². The van der Waals surface area contributed by atoms with Gasteiger partial charge in [-0.15, -0.1) is 0 Å². The zero-order chi connectivity index (χ0) is 14.9. The lowest BCUT2D eigenvalue weighted by molar-refractivity contribution is 0.601. The molecule has 1 aromatic heterocycles. The topological polar surface area (TPSA) is 59.1 Å². The SMILES string of the molecule is Cc1cccc(S(=O)(=O)Nc2c(C)cc(Cl)nc2Cl)c1. The molecule has 0 radical (unpaired) electrons. The molecule has 7 heteroatoms. The second-order valence-electron chi connectivity index (χ2n) is 4.35. The molecule has 20 heavy (non-hydrogen) atoms. The van der Waals surface area contributed by atoms with E-state index < -0.39 is 10.0 Å². The maximum absolute atomic E-state index is 12.3. The molecular formula is C13H12Cl2N2O2S. The second kappa shape index (κ2) is 5.60. The fourth-order valence-corrected chi connectivity index (χ4v) is 3.57. The molecule has 0 bridgehead atoms. The number of halogens is 2. The number of pyridine rings is 1. The Balaban J connectivity index is 2.44. The Morgan fingerprint density at radius 1 is 1.15 bits per heavy atom. The summed E-state index contributed by atoms with van der Waals surface area (Å²) in [7, 11) is -3.71. The third kappa shape index (κ3) is 3.23. The summed E-state index contributed by atoms with van der Waals surface area (Å²) in [5.41, 5.74) is 1.69. The van der Waals surface area contributed by atoms with E-state index in [1.54, 1.807) is 25.1 Å². The molecular weight excluding hydrogens is 319 g/mol. The van der Waals surface area contributed by atoms with E-state index in [1.165, 1.54) is 6.07 Å². The average molecular weight is 331 g/mol. The fraction of sp³-hybridized carbons (Fsp3) is 0.154. The van der Waals surface area contributed by atoms with Crippen LogP contribution in [0.4, 0.5) is 5.69 Å². The number of sulfonamides is 1. The molecule has 0 fully saturated rings. The summed E-state index contributed by atoms with van der Waals surface area (Å²) in [6.07, 6.45) is 0. The minimum absolute atomic E-state index is 0.0197. The summed E-state index contributed by atoms with van der Waals surface area (Å²) in [6, 6.07) is 8.14. The number of hydrogen-bond acceptors (Lipinski definition) is 3. The van der Waals surface area contributed by atoms with E-state index in [-0.39, 0.29) is 20.9 Å². The van der Waals surface area contributed by atoms with Crippen molar-refractivity contribution in [3.05, 3.63) is 51.8 Å². The van der Waals surface area contributed by atoms with E-state index in [4.69, 9.17) is 23.2 Å². The molecule has 0 atom stereocenters. The summed E-state index contributed by atoms with van der Waals surface area (Å²) in [5, 5.41) is 0.234. The van der Waals surface area contributed by atoms with Crippen molar-refractivity contribution >= 4 is 38.9 Å². The summed E-state index contributed by atoms with van der Waals surface area (Å²) < 4.78 is 27.1. The van der Waals surface area contributed by atoms with Gasteiger partial charge in [-0.1, -0.05) is 35.3 Å². The van der Waals surface area contributed by atoms with Crippen molar-refractivity contribution in [3.8, 4) is 0 Å². The summed E-state index contributed by atoms with van der Waals surface area (Å²) in [5.74, 6) is 0. The van der Waals surface area contributed by atoms with Gasteiger partial charge in [-0.3, -0.25) is 4.72 Å². The van der Waals surface area contributed by atoms with Gasteiger partial charge in [0.05, 0.1) is 10.6 Å². The maximum Gasteiger partial charge on any atom is 0.262 e. The number of nitrogens with one attached hydrogen (secondary N) is 1. The van der Waals surface area contributed by atoms with E-state index in [1.807, 2.05) is 13.0 Å². The molecule has 2 aromatic rings. The molecule has 0 saturated heterocycles. The number of anilines is 1. The van der Waals surface area contributed by atoms with Crippen LogP contribution in [0.3, 0.4) is 0 Å². The molecule has 0 aliphatic heterocycles. The molecule has 0 aliphatic carbocycles. The van der Waals surface area contributed by atoms with E-state index in [9.17, 15) is 8.42 Å². The number of nitrogens with zero attached hydrogens (tertiary/aromatic N) is 1. The molecule has 1 N–H and O–H groups in total. The van der Waals surface area contributed by atoms with Gasteiger partial charge in [0.1, 0.15) is 5.15 Å². The average Bonchev–Trinajstić information content (AvgIpc) is 2.34. The predicted molar refractivity (Wildman–Crippen MR) is 81.0 cm³/mol. The van der Waals surface area contributed by atoms with Crippen molar-refractivity contribution in [1.82, 2.24) is 4.98 Å². The number of hydrogen-bond donors (Lipinski definition) is 1. The first-order valence-electron chi connectivity index (χ1n) is 5.72. The fourth-order valence-electron chi connectivity index (χ4n) is 1.69. The van der Waals surface area contributed by atoms with Crippen LogP contribution < -0.4 is 4.72 Å². The molecule has 106 valence electrons. The van der Waals surface area contributed by atoms with Crippen molar-refractivity contribution in [1.29, 1.82) is 0 Å². The zero-order valence-electron chi connectivity index (χ0n) is 10.8. The van der Waals surface area contributed by atoms with Crippen LogP contribution in [0.25, 0.3) is 0 Å².